The lowest BCUT2D eigenvalue weighted by Gasteiger charge is -2.51. The highest BCUT2D eigenvalue weighted by atomic mass is 16.6. The molecule has 4 fully saturated rings. The summed E-state index contributed by atoms with van der Waals surface area (Å²) in [5, 5.41) is 0. The number of nitrogens with zero attached hydrogens (tertiary/aromatic N) is 4. The Morgan fingerprint density at radius 1 is 1.12 bits per heavy atom. The molecule has 3 saturated heterocycles. The van der Waals surface area contributed by atoms with E-state index in [2.05, 4.69) is 4.98 Å². The van der Waals surface area contributed by atoms with E-state index in [0.717, 1.165) is 12.8 Å². The zero-order chi connectivity index (χ0) is 17.9. The summed E-state index contributed by atoms with van der Waals surface area (Å²) < 4.78 is 5.69. The molecule has 5 rings (SSSR count). The largest absolute Gasteiger partial charge is 0.437 e. The number of piperazine rings is 1. The highest BCUT2D eigenvalue weighted by Gasteiger charge is 2.63. The molecule has 1 saturated carbocycles. The molecule has 1 unspecified atom stereocenters. The Hall–Kier alpha value is -2.64. The molecule has 136 valence electrons. The summed E-state index contributed by atoms with van der Waals surface area (Å²) in [4.78, 5) is 46.5. The van der Waals surface area contributed by atoms with Gasteiger partial charge in [0.15, 0.2) is 5.60 Å². The van der Waals surface area contributed by atoms with Crippen LogP contribution in [0.5, 0.6) is 0 Å². The van der Waals surface area contributed by atoms with Crippen LogP contribution >= 0.6 is 0 Å². The molecular weight excluding hydrogens is 336 g/mol. The van der Waals surface area contributed by atoms with Gasteiger partial charge in [-0.25, -0.2) is 4.79 Å². The molecule has 1 aliphatic carbocycles. The van der Waals surface area contributed by atoms with Gasteiger partial charge in [-0.15, -0.1) is 0 Å². The molecule has 0 N–H and O–H groups in total. The summed E-state index contributed by atoms with van der Waals surface area (Å²) >= 11 is 0. The lowest BCUT2D eigenvalue weighted by atomic mass is 9.84. The van der Waals surface area contributed by atoms with Crippen LogP contribution < -0.4 is 0 Å². The zero-order valence-corrected chi connectivity index (χ0v) is 14.3. The second-order valence-corrected chi connectivity index (χ2v) is 7.60. The number of carbonyl (C=O) groups excluding carboxylic acids is 3. The van der Waals surface area contributed by atoms with E-state index in [4.69, 9.17) is 4.74 Å². The van der Waals surface area contributed by atoms with E-state index >= 15 is 0 Å². The molecule has 1 aromatic rings. The summed E-state index contributed by atoms with van der Waals surface area (Å²) in [6.45, 7) is 2.24. The Bertz CT molecular complexity index is 773. The van der Waals surface area contributed by atoms with Crippen molar-refractivity contribution in [2.24, 2.45) is 5.92 Å². The fourth-order valence-electron chi connectivity index (χ4n) is 4.23. The van der Waals surface area contributed by atoms with Crippen molar-refractivity contribution in [3.05, 3.63) is 30.1 Å². The normalized spacial score (nSPS) is 26.4. The van der Waals surface area contributed by atoms with Gasteiger partial charge in [-0.05, 0) is 25.0 Å². The van der Waals surface area contributed by atoms with Gasteiger partial charge in [-0.2, -0.15) is 0 Å². The second-order valence-electron chi connectivity index (χ2n) is 7.60. The maximum absolute atomic E-state index is 12.7. The number of rotatable bonds is 2. The van der Waals surface area contributed by atoms with Crippen molar-refractivity contribution in [3.8, 4) is 0 Å². The van der Waals surface area contributed by atoms with Crippen molar-refractivity contribution < 1.29 is 19.1 Å². The van der Waals surface area contributed by atoms with E-state index in [-0.39, 0.29) is 29.9 Å². The molecule has 26 heavy (non-hydrogen) atoms. The van der Waals surface area contributed by atoms with E-state index in [9.17, 15) is 14.4 Å². The maximum Gasteiger partial charge on any atom is 0.411 e. The predicted molar refractivity (Wildman–Crippen MR) is 89.2 cm³/mol. The van der Waals surface area contributed by atoms with Crippen LogP contribution in [0.1, 0.15) is 23.2 Å². The van der Waals surface area contributed by atoms with Gasteiger partial charge in [-0.3, -0.25) is 19.5 Å². The molecule has 0 radical (unpaired) electrons. The van der Waals surface area contributed by atoms with Crippen molar-refractivity contribution in [3.63, 3.8) is 0 Å². The number of likely N-dealkylation sites (tertiary alicyclic amines) is 1. The summed E-state index contributed by atoms with van der Waals surface area (Å²) in [6, 6.07) is 3.19. The van der Waals surface area contributed by atoms with Gasteiger partial charge in [0.25, 0.3) is 5.91 Å². The minimum absolute atomic E-state index is 0.0632. The van der Waals surface area contributed by atoms with Gasteiger partial charge in [0.1, 0.15) is 0 Å². The van der Waals surface area contributed by atoms with Crippen LogP contribution in [0.2, 0.25) is 0 Å². The van der Waals surface area contributed by atoms with Crippen LogP contribution in [0.15, 0.2) is 24.5 Å². The molecule has 0 bridgehead atoms. The number of pyridine rings is 1. The number of carbonyl (C=O) groups is 3. The summed E-state index contributed by atoms with van der Waals surface area (Å²) in [6.07, 6.45) is 4.79. The monoisotopic (exact) mass is 356 g/mol. The number of hydrogen-bond donors (Lipinski definition) is 0. The van der Waals surface area contributed by atoms with Gasteiger partial charge in [0.05, 0.1) is 19.1 Å². The van der Waals surface area contributed by atoms with Crippen LogP contribution in [0, 0.1) is 5.92 Å². The van der Waals surface area contributed by atoms with Crippen LogP contribution in [0.25, 0.3) is 0 Å². The lowest BCUT2D eigenvalue weighted by Crippen LogP contribution is -2.72. The average molecular weight is 356 g/mol. The Balaban J connectivity index is 1.32. The van der Waals surface area contributed by atoms with E-state index in [0.29, 0.717) is 38.3 Å². The summed E-state index contributed by atoms with van der Waals surface area (Å²) in [7, 11) is 0. The zero-order valence-electron chi connectivity index (χ0n) is 14.3. The molecule has 1 atom stereocenters. The van der Waals surface area contributed by atoms with Gasteiger partial charge < -0.3 is 14.5 Å². The Morgan fingerprint density at radius 2 is 1.85 bits per heavy atom. The highest BCUT2D eigenvalue weighted by molar-refractivity contribution is 5.94. The molecule has 1 aromatic heterocycles. The van der Waals surface area contributed by atoms with Crippen LogP contribution in [0.4, 0.5) is 4.79 Å². The van der Waals surface area contributed by atoms with Gasteiger partial charge >= 0.3 is 6.09 Å². The molecule has 8 heteroatoms. The first-order chi connectivity index (χ1) is 12.6. The second kappa shape index (κ2) is 5.43. The molecule has 4 aliphatic rings. The summed E-state index contributed by atoms with van der Waals surface area (Å²) in [5.74, 6) is 0.272. The number of ether oxygens (including phenoxy) is 1. The fourth-order valence-corrected chi connectivity index (χ4v) is 4.23. The highest BCUT2D eigenvalue weighted by Crippen LogP contribution is 2.42. The molecule has 4 heterocycles. The minimum atomic E-state index is -0.668. The van der Waals surface area contributed by atoms with Gasteiger partial charge in [0, 0.05) is 43.5 Å². The van der Waals surface area contributed by atoms with Crippen molar-refractivity contribution in [2.75, 3.05) is 32.7 Å². The third-order valence-corrected chi connectivity index (χ3v) is 5.88. The topological polar surface area (TPSA) is 83.1 Å². The average Bonchev–Trinajstić information content (AvgIpc) is 3.44. The molecule has 0 aromatic carbocycles. The molecular formula is C18H20N4O4. The third-order valence-electron chi connectivity index (χ3n) is 5.88. The standard InChI is InChI=1S/C18H20N4O4/c23-15(13-3-5-19-6-4-13)20-7-8-22-14(9-20)18(26-17(22)25)10-21(11-18)16(24)12-1-2-12/h3-6,12,14H,1-2,7-11H2. The SMILES string of the molecule is O=C(c1ccncc1)N1CCN2C(=O)OC3(CN(C(=O)C4CC4)C3)C2C1. The predicted octanol–water partition coefficient (Wildman–Crippen LogP) is 0.349. The number of fused-ring (bicyclic) bond motifs is 2. The Kier molecular flexibility index (Phi) is 3.26. The van der Waals surface area contributed by atoms with Gasteiger partial charge in [-0.1, -0.05) is 0 Å². The smallest absolute Gasteiger partial charge is 0.411 e. The van der Waals surface area contributed by atoms with E-state index in [1.54, 1.807) is 39.2 Å². The minimum Gasteiger partial charge on any atom is -0.437 e. The first kappa shape index (κ1) is 15.6. The quantitative estimate of drug-likeness (QED) is 0.764. The molecule has 3 aliphatic heterocycles. The number of aromatic nitrogens is 1. The number of hydrogen-bond acceptors (Lipinski definition) is 5. The van der Waals surface area contributed by atoms with Gasteiger partial charge in [0.2, 0.25) is 5.91 Å². The van der Waals surface area contributed by atoms with Crippen molar-refractivity contribution in [1.82, 2.24) is 19.7 Å². The first-order valence-electron chi connectivity index (χ1n) is 9.05. The van der Waals surface area contributed by atoms with Crippen molar-refractivity contribution >= 4 is 17.9 Å². The molecule has 3 amide bonds. The Labute approximate surface area is 150 Å². The van der Waals surface area contributed by atoms with Crippen molar-refractivity contribution in [1.29, 1.82) is 0 Å². The molecule has 8 nitrogen and oxygen atoms in total. The maximum atomic E-state index is 12.7. The van der Waals surface area contributed by atoms with Crippen LogP contribution in [-0.2, 0) is 9.53 Å². The summed E-state index contributed by atoms with van der Waals surface area (Å²) in [5.41, 5.74) is -0.0781. The Morgan fingerprint density at radius 3 is 2.54 bits per heavy atom. The lowest BCUT2D eigenvalue weighted by molar-refractivity contribution is -0.156. The third kappa shape index (κ3) is 2.28. The van der Waals surface area contributed by atoms with E-state index < -0.39 is 5.60 Å². The first-order valence-corrected chi connectivity index (χ1v) is 9.05. The fraction of sp³-hybridized carbons (Fsp3) is 0.556. The molecule has 1 spiro atoms. The van der Waals surface area contributed by atoms with E-state index in [1.165, 1.54) is 0 Å². The number of amides is 3. The van der Waals surface area contributed by atoms with Crippen LogP contribution in [0.3, 0.4) is 0 Å². The van der Waals surface area contributed by atoms with Crippen LogP contribution in [-0.4, -0.2) is 82.0 Å². The van der Waals surface area contributed by atoms with E-state index in [1.807, 2.05) is 0 Å². The van der Waals surface area contributed by atoms with Crippen molar-refractivity contribution in [2.45, 2.75) is 24.5 Å².